The van der Waals surface area contributed by atoms with Crippen LogP contribution in [0.3, 0.4) is 0 Å². The van der Waals surface area contributed by atoms with Crippen LogP contribution in [0.4, 0.5) is 0 Å². The zero-order valence-corrected chi connectivity index (χ0v) is 24.8. The molecule has 0 radical (unpaired) electrons. The first-order valence-corrected chi connectivity index (χ1v) is 14.5. The maximum absolute atomic E-state index is 13.2. The Morgan fingerprint density at radius 2 is 0.975 bits per heavy atom. The molecule has 1 aromatic rings. The molecule has 0 aromatic heterocycles. The molecule has 4 bridgehead atoms. The Kier molecular flexibility index (Phi) is 6.67. The Hall–Kier alpha value is -2.90. The van der Waals surface area contributed by atoms with Crippen molar-refractivity contribution in [1.29, 1.82) is 0 Å². The van der Waals surface area contributed by atoms with Gasteiger partial charge in [0.1, 0.15) is 13.2 Å². The van der Waals surface area contributed by atoms with Gasteiger partial charge in [-0.05, 0) is 74.3 Å². The third-order valence-corrected chi connectivity index (χ3v) is 10.0. The van der Waals surface area contributed by atoms with Crippen molar-refractivity contribution >= 4 is 23.8 Å². The van der Waals surface area contributed by atoms with Gasteiger partial charge in [-0.2, -0.15) is 0 Å². The van der Waals surface area contributed by atoms with Gasteiger partial charge >= 0.3 is 11.9 Å². The van der Waals surface area contributed by atoms with Crippen LogP contribution < -0.4 is 10.6 Å². The van der Waals surface area contributed by atoms with Crippen molar-refractivity contribution in [3.05, 3.63) is 35.4 Å². The SMILES string of the molecule is C[C@@]12CNC(=O)[C@@](C)(C1)C[C@](C)(C(=O)OCc1ccc(COC(=O)[C@]3(C)C[C@]4(C)CNC(=O)[C@@](C)(C4)C3)cc1)C2. The molecular weight excluding hydrogens is 508 g/mol. The zero-order valence-electron chi connectivity index (χ0n) is 24.8. The Balaban J connectivity index is 1.16. The van der Waals surface area contributed by atoms with E-state index in [1.165, 1.54) is 0 Å². The second-order valence-electron chi connectivity index (χ2n) is 15.3. The summed E-state index contributed by atoms with van der Waals surface area (Å²) < 4.78 is 11.5. The minimum Gasteiger partial charge on any atom is -0.460 e. The number of carbonyl (C=O) groups is 4. The fourth-order valence-electron chi connectivity index (χ4n) is 9.12. The summed E-state index contributed by atoms with van der Waals surface area (Å²) in [4.78, 5) is 51.6. The van der Waals surface area contributed by atoms with Crippen molar-refractivity contribution in [3.8, 4) is 0 Å². The van der Waals surface area contributed by atoms with E-state index >= 15 is 0 Å². The summed E-state index contributed by atoms with van der Waals surface area (Å²) in [6.45, 7) is 13.5. The molecule has 6 atom stereocenters. The summed E-state index contributed by atoms with van der Waals surface area (Å²) in [5, 5.41) is 6.04. The van der Waals surface area contributed by atoms with Gasteiger partial charge in [-0.15, -0.1) is 0 Å². The van der Waals surface area contributed by atoms with E-state index in [0.29, 0.717) is 38.8 Å². The smallest absolute Gasteiger partial charge is 0.312 e. The molecule has 2 saturated heterocycles. The lowest BCUT2D eigenvalue weighted by Gasteiger charge is -2.54. The van der Waals surface area contributed by atoms with E-state index in [1.807, 2.05) is 52.0 Å². The molecule has 4 fully saturated rings. The molecule has 40 heavy (non-hydrogen) atoms. The largest absolute Gasteiger partial charge is 0.460 e. The fraction of sp³-hybridized carbons (Fsp3) is 0.688. The second-order valence-corrected chi connectivity index (χ2v) is 15.3. The highest BCUT2D eigenvalue weighted by atomic mass is 16.5. The lowest BCUT2D eigenvalue weighted by Crippen LogP contribution is -2.60. The third-order valence-electron chi connectivity index (χ3n) is 10.0. The van der Waals surface area contributed by atoms with Crippen LogP contribution in [0.1, 0.15) is 91.2 Å². The summed E-state index contributed by atoms with van der Waals surface area (Å²) in [6, 6.07) is 7.51. The Morgan fingerprint density at radius 3 is 1.32 bits per heavy atom. The summed E-state index contributed by atoms with van der Waals surface area (Å²) in [6.07, 6.45) is 3.89. The first-order valence-electron chi connectivity index (χ1n) is 14.5. The summed E-state index contributed by atoms with van der Waals surface area (Å²) in [5.74, 6) is -0.485. The monoisotopic (exact) mass is 552 g/mol. The molecule has 2 saturated carbocycles. The lowest BCUT2D eigenvalue weighted by atomic mass is 9.52. The van der Waals surface area contributed by atoms with Gasteiger partial charge in [0, 0.05) is 23.9 Å². The standard InChI is InChI=1S/C32H44N2O6/c1-27-13-29(3,23(35)33-19-27)17-31(5,15-27)25(37)39-11-21-7-9-22(10-8-21)12-40-26(38)32(6)16-28(2)14-30(4,18-32)24(36)34-20-28/h7-10H,11-20H2,1-6H3,(H,33,35)(H,34,36)/t27-,28-,29+,30+,31-,32-/m1/s1. The average Bonchev–Trinajstić information content (AvgIpc) is 2.85. The summed E-state index contributed by atoms with van der Waals surface area (Å²) in [7, 11) is 0. The van der Waals surface area contributed by atoms with Gasteiger partial charge in [-0.3, -0.25) is 19.2 Å². The number of piperidine rings is 2. The average molecular weight is 553 g/mol. The number of hydrogen-bond acceptors (Lipinski definition) is 6. The van der Waals surface area contributed by atoms with Crippen LogP contribution in [0.2, 0.25) is 0 Å². The Bertz CT molecular complexity index is 1150. The molecule has 2 amide bonds. The van der Waals surface area contributed by atoms with E-state index in [9.17, 15) is 19.2 Å². The van der Waals surface area contributed by atoms with Gasteiger partial charge in [0.2, 0.25) is 11.8 Å². The van der Waals surface area contributed by atoms with E-state index in [1.54, 1.807) is 0 Å². The lowest BCUT2D eigenvalue weighted by molar-refractivity contribution is -0.172. The molecule has 0 spiro atoms. The normalized spacial score (nSPS) is 40.5. The van der Waals surface area contributed by atoms with Crippen LogP contribution >= 0.6 is 0 Å². The van der Waals surface area contributed by atoms with E-state index in [0.717, 1.165) is 24.0 Å². The summed E-state index contributed by atoms with van der Waals surface area (Å²) in [5.41, 5.74) is -1.10. The number of ether oxygens (including phenoxy) is 2. The Labute approximate surface area is 237 Å². The molecule has 2 N–H and O–H groups in total. The quantitative estimate of drug-likeness (QED) is 0.505. The molecule has 0 unspecified atom stereocenters. The number of fused-ring (bicyclic) bond motifs is 4. The second kappa shape index (κ2) is 9.31. The number of carbonyl (C=O) groups excluding carboxylic acids is 4. The molecule has 2 aliphatic heterocycles. The van der Waals surface area contributed by atoms with Crippen molar-refractivity contribution in [1.82, 2.24) is 10.6 Å². The van der Waals surface area contributed by atoms with E-state index in [2.05, 4.69) is 24.5 Å². The van der Waals surface area contributed by atoms with Gasteiger partial charge < -0.3 is 20.1 Å². The molecule has 218 valence electrons. The number of benzene rings is 1. The van der Waals surface area contributed by atoms with Crippen molar-refractivity contribution in [2.75, 3.05) is 13.1 Å². The van der Waals surface area contributed by atoms with Crippen molar-refractivity contribution in [2.24, 2.45) is 32.5 Å². The van der Waals surface area contributed by atoms with Crippen LogP contribution in [0.5, 0.6) is 0 Å². The van der Waals surface area contributed by atoms with Gasteiger partial charge in [-0.25, -0.2) is 0 Å². The van der Waals surface area contributed by atoms with Gasteiger partial charge in [0.05, 0.1) is 10.8 Å². The van der Waals surface area contributed by atoms with Gasteiger partial charge in [0.25, 0.3) is 0 Å². The van der Waals surface area contributed by atoms with Crippen molar-refractivity contribution in [2.45, 2.75) is 93.3 Å². The number of amides is 2. The molecule has 8 nitrogen and oxygen atoms in total. The third kappa shape index (κ3) is 5.14. The van der Waals surface area contributed by atoms with Crippen molar-refractivity contribution in [3.63, 3.8) is 0 Å². The summed E-state index contributed by atoms with van der Waals surface area (Å²) >= 11 is 0. The highest BCUT2D eigenvalue weighted by Crippen LogP contribution is 2.57. The molecular formula is C32H44N2O6. The predicted octanol–water partition coefficient (Wildman–Crippen LogP) is 4.44. The minimum atomic E-state index is -0.712. The first kappa shape index (κ1) is 28.6. The molecule has 8 heteroatoms. The first-order chi connectivity index (χ1) is 18.5. The molecule has 2 heterocycles. The zero-order chi connectivity index (χ0) is 29.2. The topological polar surface area (TPSA) is 111 Å². The van der Waals surface area contributed by atoms with Crippen molar-refractivity contribution < 1.29 is 28.7 Å². The van der Waals surface area contributed by atoms with Gasteiger partial charge in [-0.1, -0.05) is 52.0 Å². The minimum absolute atomic E-state index is 0.0224. The maximum atomic E-state index is 13.2. The van der Waals surface area contributed by atoms with Crippen LogP contribution in [-0.4, -0.2) is 36.8 Å². The van der Waals surface area contributed by atoms with E-state index in [-0.39, 0.29) is 47.8 Å². The maximum Gasteiger partial charge on any atom is 0.312 e. The predicted molar refractivity (Wildman–Crippen MR) is 148 cm³/mol. The van der Waals surface area contributed by atoms with Crippen LogP contribution in [0, 0.1) is 32.5 Å². The molecule has 2 aliphatic carbocycles. The van der Waals surface area contributed by atoms with E-state index < -0.39 is 21.7 Å². The molecule has 5 rings (SSSR count). The number of hydrogen-bond donors (Lipinski definition) is 2. The number of esters is 2. The highest BCUT2D eigenvalue weighted by molar-refractivity contribution is 5.87. The van der Waals surface area contributed by atoms with Crippen LogP contribution in [0.25, 0.3) is 0 Å². The van der Waals surface area contributed by atoms with E-state index in [4.69, 9.17) is 9.47 Å². The molecule has 4 aliphatic rings. The van der Waals surface area contributed by atoms with Gasteiger partial charge in [0.15, 0.2) is 0 Å². The fourth-order valence-corrected chi connectivity index (χ4v) is 9.12. The van der Waals surface area contributed by atoms with Crippen LogP contribution in [0.15, 0.2) is 24.3 Å². The highest BCUT2D eigenvalue weighted by Gasteiger charge is 2.59. The Morgan fingerprint density at radius 1 is 0.625 bits per heavy atom. The molecule has 1 aromatic carbocycles. The number of rotatable bonds is 6. The number of nitrogens with one attached hydrogen (secondary N) is 2. The van der Waals surface area contributed by atoms with Crippen LogP contribution in [-0.2, 0) is 41.9 Å².